The Morgan fingerprint density at radius 2 is 1.72 bits per heavy atom. The Labute approximate surface area is 170 Å². The fraction of sp³-hybridized carbons (Fsp3) is 0.217. The molecule has 3 rings (SSSR count). The molecule has 0 aliphatic heterocycles. The van der Waals surface area contributed by atoms with E-state index < -0.39 is 0 Å². The summed E-state index contributed by atoms with van der Waals surface area (Å²) < 4.78 is 16.4. The van der Waals surface area contributed by atoms with Gasteiger partial charge in [-0.2, -0.15) is 0 Å². The highest BCUT2D eigenvalue weighted by Gasteiger charge is 2.05. The van der Waals surface area contributed by atoms with Crippen molar-refractivity contribution in [3.63, 3.8) is 0 Å². The average Bonchev–Trinajstić information content (AvgIpc) is 2.77. The quantitative estimate of drug-likeness (QED) is 0.593. The minimum Gasteiger partial charge on any atom is -0.497 e. The van der Waals surface area contributed by atoms with E-state index in [4.69, 9.17) is 14.2 Å². The Morgan fingerprint density at radius 3 is 2.41 bits per heavy atom. The second kappa shape index (κ2) is 10.1. The topological polar surface area (TPSA) is 69.7 Å². The third kappa shape index (κ3) is 6.24. The second-order valence-corrected chi connectivity index (χ2v) is 6.35. The first kappa shape index (κ1) is 20.2. The van der Waals surface area contributed by atoms with Crippen LogP contribution >= 0.6 is 0 Å². The molecule has 1 amide bonds. The molecule has 6 nitrogen and oxygen atoms in total. The van der Waals surface area contributed by atoms with Crippen LogP contribution in [0, 0.1) is 0 Å². The summed E-state index contributed by atoms with van der Waals surface area (Å²) in [5, 5.41) is 2.81. The minimum absolute atomic E-state index is 0.0318. The van der Waals surface area contributed by atoms with Crippen molar-refractivity contribution < 1.29 is 19.0 Å². The molecule has 3 aromatic rings. The van der Waals surface area contributed by atoms with E-state index >= 15 is 0 Å². The van der Waals surface area contributed by atoms with Crippen molar-refractivity contribution in [1.29, 1.82) is 0 Å². The van der Waals surface area contributed by atoms with Gasteiger partial charge >= 0.3 is 0 Å². The zero-order chi connectivity index (χ0) is 20.5. The van der Waals surface area contributed by atoms with Crippen molar-refractivity contribution in [3.05, 3.63) is 78.0 Å². The SMILES string of the molecule is CCc1ccc(OCC(=O)NCc2ccc(Oc3cccc(OC)c3)nc2)cc1. The molecule has 150 valence electrons. The van der Waals surface area contributed by atoms with E-state index in [-0.39, 0.29) is 12.5 Å². The summed E-state index contributed by atoms with van der Waals surface area (Å²) in [5.41, 5.74) is 2.09. The average molecular weight is 392 g/mol. The standard InChI is InChI=1S/C23H24N2O4/c1-3-17-7-10-19(11-8-17)28-16-22(26)24-14-18-9-12-23(25-15-18)29-21-6-4-5-20(13-21)27-2/h4-13,15H,3,14,16H2,1-2H3,(H,24,26). The maximum absolute atomic E-state index is 12.0. The summed E-state index contributed by atoms with van der Waals surface area (Å²) in [7, 11) is 1.60. The smallest absolute Gasteiger partial charge is 0.258 e. The number of pyridine rings is 1. The Bertz CT molecular complexity index is 924. The molecule has 0 saturated carbocycles. The summed E-state index contributed by atoms with van der Waals surface area (Å²) in [5.74, 6) is 2.30. The Morgan fingerprint density at radius 1 is 0.966 bits per heavy atom. The van der Waals surface area contributed by atoms with E-state index in [1.54, 1.807) is 25.4 Å². The number of methoxy groups -OCH3 is 1. The van der Waals surface area contributed by atoms with Crippen LogP contribution in [-0.2, 0) is 17.8 Å². The van der Waals surface area contributed by atoms with E-state index in [0.717, 1.165) is 12.0 Å². The molecule has 0 saturated heterocycles. The van der Waals surface area contributed by atoms with Crippen LogP contribution in [0.4, 0.5) is 0 Å². The van der Waals surface area contributed by atoms with Gasteiger partial charge in [-0.1, -0.05) is 31.2 Å². The Hall–Kier alpha value is -3.54. The molecule has 1 aromatic heterocycles. The van der Waals surface area contributed by atoms with E-state index in [9.17, 15) is 4.79 Å². The number of carbonyl (C=O) groups excluding carboxylic acids is 1. The number of nitrogens with zero attached hydrogens (tertiary/aromatic N) is 1. The first-order valence-corrected chi connectivity index (χ1v) is 9.41. The number of benzene rings is 2. The maximum Gasteiger partial charge on any atom is 0.258 e. The van der Waals surface area contributed by atoms with Crippen molar-refractivity contribution in [3.8, 4) is 23.1 Å². The van der Waals surface area contributed by atoms with Gasteiger partial charge in [-0.15, -0.1) is 0 Å². The summed E-state index contributed by atoms with van der Waals surface area (Å²) >= 11 is 0. The number of aromatic nitrogens is 1. The summed E-state index contributed by atoms with van der Waals surface area (Å²) in [6.45, 7) is 2.43. The van der Waals surface area contributed by atoms with Gasteiger partial charge in [0.2, 0.25) is 5.88 Å². The molecule has 0 aliphatic carbocycles. The van der Waals surface area contributed by atoms with Crippen LogP contribution in [0.5, 0.6) is 23.1 Å². The van der Waals surface area contributed by atoms with Gasteiger partial charge < -0.3 is 19.5 Å². The molecule has 0 fully saturated rings. The van der Waals surface area contributed by atoms with Crippen LogP contribution in [0.15, 0.2) is 66.9 Å². The molecule has 0 unspecified atom stereocenters. The number of hydrogen-bond acceptors (Lipinski definition) is 5. The number of hydrogen-bond donors (Lipinski definition) is 1. The van der Waals surface area contributed by atoms with Crippen molar-refractivity contribution in [2.45, 2.75) is 19.9 Å². The van der Waals surface area contributed by atoms with E-state index in [1.807, 2.05) is 48.5 Å². The highest BCUT2D eigenvalue weighted by molar-refractivity contribution is 5.77. The van der Waals surface area contributed by atoms with E-state index in [1.165, 1.54) is 5.56 Å². The van der Waals surface area contributed by atoms with E-state index in [0.29, 0.717) is 29.7 Å². The third-order valence-corrected chi connectivity index (χ3v) is 4.25. The zero-order valence-electron chi connectivity index (χ0n) is 16.6. The first-order chi connectivity index (χ1) is 14.2. The Balaban J connectivity index is 1.44. The lowest BCUT2D eigenvalue weighted by atomic mass is 10.2. The minimum atomic E-state index is -0.193. The van der Waals surface area contributed by atoms with Crippen LogP contribution in [0.25, 0.3) is 0 Å². The molecule has 0 radical (unpaired) electrons. The third-order valence-electron chi connectivity index (χ3n) is 4.25. The van der Waals surface area contributed by atoms with Crippen LogP contribution in [0.3, 0.4) is 0 Å². The van der Waals surface area contributed by atoms with Gasteiger partial charge in [0.25, 0.3) is 5.91 Å². The fourth-order valence-electron chi connectivity index (χ4n) is 2.58. The normalized spacial score (nSPS) is 10.3. The molecule has 2 aromatic carbocycles. The zero-order valence-corrected chi connectivity index (χ0v) is 16.6. The monoisotopic (exact) mass is 392 g/mol. The van der Waals surface area contributed by atoms with Crippen molar-refractivity contribution in [2.75, 3.05) is 13.7 Å². The predicted octanol–water partition coefficient (Wildman–Crippen LogP) is 4.14. The van der Waals surface area contributed by atoms with Crippen LogP contribution in [0.1, 0.15) is 18.1 Å². The van der Waals surface area contributed by atoms with Gasteiger partial charge in [-0.3, -0.25) is 4.79 Å². The molecule has 29 heavy (non-hydrogen) atoms. The van der Waals surface area contributed by atoms with Crippen LogP contribution in [0.2, 0.25) is 0 Å². The molecule has 0 atom stereocenters. The number of ether oxygens (including phenoxy) is 3. The predicted molar refractivity (Wildman–Crippen MR) is 110 cm³/mol. The molecular formula is C23H24N2O4. The van der Waals surface area contributed by atoms with Gasteiger partial charge in [0, 0.05) is 24.9 Å². The maximum atomic E-state index is 12.0. The molecule has 6 heteroatoms. The van der Waals surface area contributed by atoms with Crippen molar-refractivity contribution in [2.24, 2.45) is 0 Å². The van der Waals surface area contributed by atoms with Gasteiger partial charge in [-0.05, 0) is 41.8 Å². The molecule has 1 heterocycles. The first-order valence-electron chi connectivity index (χ1n) is 9.41. The van der Waals surface area contributed by atoms with Gasteiger partial charge in [0.15, 0.2) is 6.61 Å². The number of aryl methyl sites for hydroxylation is 1. The van der Waals surface area contributed by atoms with Crippen molar-refractivity contribution >= 4 is 5.91 Å². The van der Waals surface area contributed by atoms with Gasteiger partial charge in [0.05, 0.1) is 7.11 Å². The number of carbonyl (C=O) groups is 1. The van der Waals surface area contributed by atoms with Gasteiger partial charge in [0.1, 0.15) is 17.2 Å². The highest BCUT2D eigenvalue weighted by Crippen LogP contribution is 2.23. The van der Waals surface area contributed by atoms with Gasteiger partial charge in [-0.25, -0.2) is 4.98 Å². The molecule has 0 bridgehead atoms. The number of rotatable bonds is 9. The van der Waals surface area contributed by atoms with Crippen molar-refractivity contribution in [1.82, 2.24) is 10.3 Å². The molecule has 0 spiro atoms. The van der Waals surface area contributed by atoms with Crippen LogP contribution in [-0.4, -0.2) is 24.6 Å². The molecule has 0 aliphatic rings. The fourth-order valence-corrected chi connectivity index (χ4v) is 2.58. The summed E-state index contributed by atoms with van der Waals surface area (Å²) in [6.07, 6.45) is 2.64. The van der Waals surface area contributed by atoms with E-state index in [2.05, 4.69) is 17.2 Å². The number of nitrogens with one attached hydrogen (secondary N) is 1. The lowest BCUT2D eigenvalue weighted by molar-refractivity contribution is -0.123. The highest BCUT2D eigenvalue weighted by atomic mass is 16.5. The lowest BCUT2D eigenvalue weighted by Gasteiger charge is -2.09. The Kier molecular flexibility index (Phi) is 7.05. The summed E-state index contributed by atoms with van der Waals surface area (Å²) in [6, 6.07) is 18.6. The molecular weight excluding hydrogens is 368 g/mol. The van der Waals surface area contributed by atoms with Crippen LogP contribution < -0.4 is 19.5 Å². The molecule has 1 N–H and O–H groups in total. The summed E-state index contributed by atoms with van der Waals surface area (Å²) in [4.78, 5) is 16.3. The number of amides is 1. The second-order valence-electron chi connectivity index (χ2n) is 6.35. The largest absolute Gasteiger partial charge is 0.497 e. The lowest BCUT2D eigenvalue weighted by Crippen LogP contribution is -2.28.